The van der Waals surface area contributed by atoms with E-state index in [1.54, 1.807) is 4.90 Å². The lowest BCUT2D eigenvalue weighted by Gasteiger charge is -2.32. The highest BCUT2D eigenvalue weighted by Crippen LogP contribution is 2.09. The van der Waals surface area contributed by atoms with Crippen molar-refractivity contribution in [3.63, 3.8) is 0 Å². The maximum absolute atomic E-state index is 11.5. The Labute approximate surface area is 91.5 Å². The summed E-state index contributed by atoms with van der Waals surface area (Å²) >= 11 is 0. The van der Waals surface area contributed by atoms with Crippen LogP contribution in [0.5, 0.6) is 0 Å². The predicted octanol–water partition coefficient (Wildman–Crippen LogP) is 1.05. The van der Waals surface area contributed by atoms with Crippen molar-refractivity contribution in [1.82, 2.24) is 9.80 Å². The van der Waals surface area contributed by atoms with Gasteiger partial charge in [0.1, 0.15) is 0 Å². The summed E-state index contributed by atoms with van der Waals surface area (Å²) in [6, 6.07) is 0. The maximum atomic E-state index is 11.5. The van der Waals surface area contributed by atoms with Crippen LogP contribution in [-0.4, -0.2) is 48.7 Å². The smallest absolute Gasteiger partial charge is 0.252 e. The molecule has 0 spiro atoms. The van der Waals surface area contributed by atoms with Crippen molar-refractivity contribution in [2.75, 3.05) is 26.9 Å². The third-order valence-corrected chi connectivity index (χ3v) is 2.28. The molecule has 0 atom stereocenters. The SMILES string of the molecule is CC1=CN(CCOC(C)C)CN(C)C1=O. The zero-order chi connectivity index (χ0) is 11.4. The van der Waals surface area contributed by atoms with E-state index in [1.807, 2.05) is 34.0 Å². The average Bonchev–Trinajstić information content (AvgIpc) is 2.13. The molecule has 0 unspecified atom stereocenters. The van der Waals surface area contributed by atoms with Crippen LogP contribution in [-0.2, 0) is 9.53 Å². The van der Waals surface area contributed by atoms with Gasteiger partial charge >= 0.3 is 0 Å². The van der Waals surface area contributed by atoms with E-state index in [-0.39, 0.29) is 12.0 Å². The van der Waals surface area contributed by atoms with Crippen LogP contribution in [0.1, 0.15) is 20.8 Å². The molecule has 1 aliphatic heterocycles. The fourth-order valence-corrected chi connectivity index (χ4v) is 1.55. The lowest BCUT2D eigenvalue weighted by atomic mass is 10.2. The number of hydrogen-bond donors (Lipinski definition) is 0. The second-order valence-electron chi connectivity index (χ2n) is 4.19. The van der Waals surface area contributed by atoms with Crippen LogP contribution >= 0.6 is 0 Å². The first-order valence-electron chi connectivity index (χ1n) is 5.30. The number of hydrogen-bond acceptors (Lipinski definition) is 3. The molecule has 0 saturated heterocycles. The van der Waals surface area contributed by atoms with Gasteiger partial charge in [-0.3, -0.25) is 4.79 Å². The monoisotopic (exact) mass is 212 g/mol. The molecule has 0 aromatic heterocycles. The Kier molecular flexibility index (Phi) is 4.15. The molecule has 0 aliphatic carbocycles. The third-order valence-electron chi connectivity index (χ3n) is 2.28. The second kappa shape index (κ2) is 5.16. The maximum Gasteiger partial charge on any atom is 0.252 e. The van der Waals surface area contributed by atoms with E-state index in [2.05, 4.69) is 4.90 Å². The number of carbonyl (C=O) groups excluding carboxylic acids is 1. The van der Waals surface area contributed by atoms with Gasteiger partial charge in [0.25, 0.3) is 5.91 Å². The Morgan fingerprint density at radius 2 is 2.20 bits per heavy atom. The van der Waals surface area contributed by atoms with Gasteiger partial charge in [0, 0.05) is 25.4 Å². The van der Waals surface area contributed by atoms with E-state index in [1.165, 1.54) is 0 Å². The lowest BCUT2D eigenvalue weighted by Crippen LogP contribution is -2.42. The Balaban J connectivity index is 2.41. The van der Waals surface area contributed by atoms with Crippen molar-refractivity contribution in [1.29, 1.82) is 0 Å². The van der Waals surface area contributed by atoms with Crippen LogP contribution in [0.2, 0.25) is 0 Å². The third kappa shape index (κ3) is 3.55. The van der Waals surface area contributed by atoms with Crippen molar-refractivity contribution in [2.24, 2.45) is 0 Å². The summed E-state index contributed by atoms with van der Waals surface area (Å²) in [5, 5.41) is 0. The molecule has 1 aliphatic rings. The normalized spacial score (nSPS) is 17.4. The molecule has 86 valence electrons. The summed E-state index contributed by atoms with van der Waals surface area (Å²) in [6.07, 6.45) is 2.17. The highest BCUT2D eigenvalue weighted by atomic mass is 16.5. The Morgan fingerprint density at radius 3 is 2.73 bits per heavy atom. The van der Waals surface area contributed by atoms with Gasteiger partial charge in [-0.2, -0.15) is 0 Å². The molecule has 1 rings (SSSR count). The molecule has 0 fully saturated rings. The van der Waals surface area contributed by atoms with Crippen molar-refractivity contribution < 1.29 is 9.53 Å². The second-order valence-corrected chi connectivity index (χ2v) is 4.19. The largest absolute Gasteiger partial charge is 0.377 e. The minimum Gasteiger partial charge on any atom is -0.377 e. The number of nitrogens with zero attached hydrogens (tertiary/aromatic N) is 2. The van der Waals surface area contributed by atoms with Crippen molar-refractivity contribution in [3.05, 3.63) is 11.8 Å². The summed E-state index contributed by atoms with van der Waals surface area (Å²) in [5.41, 5.74) is 0.785. The average molecular weight is 212 g/mol. The molecule has 0 radical (unpaired) electrons. The summed E-state index contributed by atoms with van der Waals surface area (Å²) in [6.45, 7) is 8.06. The van der Waals surface area contributed by atoms with Crippen LogP contribution in [0.4, 0.5) is 0 Å². The van der Waals surface area contributed by atoms with Crippen LogP contribution in [0.25, 0.3) is 0 Å². The molecule has 0 aromatic carbocycles. The number of ether oxygens (including phenoxy) is 1. The summed E-state index contributed by atoms with van der Waals surface area (Å²) in [7, 11) is 1.81. The molecule has 0 aromatic rings. The van der Waals surface area contributed by atoms with Crippen LogP contribution in [0.3, 0.4) is 0 Å². The van der Waals surface area contributed by atoms with Gasteiger partial charge in [0.15, 0.2) is 0 Å². The quantitative estimate of drug-likeness (QED) is 0.698. The van der Waals surface area contributed by atoms with Gasteiger partial charge in [-0.1, -0.05) is 0 Å². The first-order chi connectivity index (χ1) is 7.00. The number of amides is 1. The molecule has 4 nitrogen and oxygen atoms in total. The molecule has 0 bridgehead atoms. The highest BCUT2D eigenvalue weighted by Gasteiger charge is 2.19. The Morgan fingerprint density at radius 1 is 1.53 bits per heavy atom. The van der Waals surface area contributed by atoms with E-state index in [0.29, 0.717) is 13.3 Å². The fourth-order valence-electron chi connectivity index (χ4n) is 1.55. The summed E-state index contributed by atoms with van der Waals surface area (Å²) in [5.74, 6) is 0.107. The van der Waals surface area contributed by atoms with E-state index in [9.17, 15) is 4.79 Å². The Bertz CT molecular complexity index is 261. The van der Waals surface area contributed by atoms with E-state index in [4.69, 9.17) is 4.74 Å². The van der Waals surface area contributed by atoms with Gasteiger partial charge in [0.2, 0.25) is 0 Å². The van der Waals surface area contributed by atoms with Crippen LogP contribution in [0, 0.1) is 0 Å². The van der Waals surface area contributed by atoms with E-state index in [0.717, 1.165) is 12.1 Å². The van der Waals surface area contributed by atoms with Gasteiger partial charge in [-0.25, -0.2) is 0 Å². The van der Waals surface area contributed by atoms with Gasteiger partial charge in [0.05, 0.1) is 19.4 Å². The number of carbonyl (C=O) groups is 1. The lowest BCUT2D eigenvalue weighted by molar-refractivity contribution is -0.128. The molecular formula is C11H20N2O2. The molecular weight excluding hydrogens is 192 g/mol. The first kappa shape index (κ1) is 12.0. The number of rotatable bonds is 4. The molecule has 0 N–H and O–H groups in total. The molecule has 15 heavy (non-hydrogen) atoms. The summed E-state index contributed by atoms with van der Waals surface area (Å²) in [4.78, 5) is 15.3. The van der Waals surface area contributed by atoms with Gasteiger partial charge in [-0.05, 0) is 20.8 Å². The molecule has 4 heteroatoms. The molecule has 1 amide bonds. The molecule has 1 heterocycles. The van der Waals surface area contributed by atoms with Crippen molar-refractivity contribution in [2.45, 2.75) is 26.9 Å². The van der Waals surface area contributed by atoms with Crippen LogP contribution < -0.4 is 0 Å². The van der Waals surface area contributed by atoms with Crippen molar-refractivity contribution in [3.8, 4) is 0 Å². The topological polar surface area (TPSA) is 32.8 Å². The zero-order valence-electron chi connectivity index (χ0n) is 9.99. The fraction of sp³-hybridized carbons (Fsp3) is 0.727. The van der Waals surface area contributed by atoms with Crippen molar-refractivity contribution >= 4 is 5.91 Å². The first-order valence-corrected chi connectivity index (χ1v) is 5.30. The minimum atomic E-state index is 0.107. The number of likely N-dealkylation sites (N-methyl/N-ethyl adjacent to an activating group) is 1. The Hall–Kier alpha value is -1.03. The highest BCUT2D eigenvalue weighted by molar-refractivity contribution is 5.93. The van der Waals surface area contributed by atoms with E-state index < -0.39 is 0 Å². The minimum absolute atomic E-state index is 0.107. The van der Waals surface area contributed by atoms with Gasteiger partial charge in [-0.15, -0.1) is 0 Å². The van der Waals surface area contributed by atoms with Gasteiger partial charge < -0.3 is 14.5 Å². The molecule has 0 saturated carbocycles. The zero-order valence-corrected chi connectivity index (χ0v) is 9.99. The summed E-state index contributed by atoms with van der Waals surface area (Å²) < 4.78 is 5.47. The standard InChI is InChI=1S/C11H20N2O2/c1-9(2)15-6-5-13-7-10(3)11(14)12(4)8-13/h7,9H,5-6,8H2,1-4H3. The van der Waals surface area contributed by atoms with E-state index >= 15 is 0 Å². The predicted molar refractivity (Wildman–Crippen MR) is 59.2 cm³/mol. The van der Waals surface area contributed by atoms with Crippen LogP contribution in [0.15, 0.2) is 11.8 Å².